The van der Waals surface area contributed by atoms with Gasteiger partial charge in [0.2, 0.25) is 0 Å². The summed E-state index contributed by atoms with van der Waals surface area (Å²) in [6.45, 7) is 3.40. The Morgan fingerprint density at radius 1 is 1.12 bits per heavy atom. The standard InChI is InChI=1S/C15H20N6O3/c1-18-9-11(7-16-18)10-20-3-5-21(6-4-20)14(22)12-8-17-19(2)13(12)15(23)24/h7-9H,3-6,10H2,1-2H3,(H,23,24). The van der Waals surface area contributed by atoms with Gasteiger partial charge in [-0.2, -0.15) is 10.2 Å². The molecule has 0 bridgehead atoms. The predicted molar refractivity (Wildman–Crippen MR) is 84.6 cm³/mol. The molecule has 1 fully saturated rings. The molecular weight excluding hydrogens is 312 g/mol. The molecule has 0 radical (unpaired) electrons. The number of carbonyl (C=O) groups excluding carboxylic acids is 1. The van der Waals surface area contributed by atoms with E-state index in [-0.39, 0.29) is 17.2 Å². The Kier molecular flexibility index (Phi) is 4.34. The molecule has 1 amide bonds. The second-order valence-corrected chi connectivity index (χ2v) is 5.93. The largest absolute Gasteiger partial charge is 0.477 e. The summed E-state index contributed by atoms with van der Waals surface area (Å²) < 4.78 is 2.99. The van der Waals surface area contributed by atoms with Crippen molar-refractivity contribution < 1.29 is 14.7 Å². The number of carboxylic acids is 1. The Morgan fingerprint density at radius 3 is 2.42 bits per heavy atom. The third kappa shape index (κ3) is 3.16. The van der Waals surface area contributed by atoms with Gasteiger partial charge in [0.15, 0.2) is 5.69 Å². The maximum Gasteiger partial charge on any atom is 0.354 e. The Balaban J connectivity index is 1.62. The lowest BCUT2D eigenvalue weighted by Gasteiger charge is -2.34. The van der Waals surface area contributed by atoms with Crippen molar-refractivity contribution in [3.05, 3.63) is 35.4 Å². The van der Waals surface area contributed by atoms with E-state index in [0.717, 1.165) is 25.2 Å². The van der Waals surface area contributed by atoms with Gasteiger partial charge in [0, 0.05) is 58.6 Å². The molecule has 3 rings (SSSR count). The average molecular weight is 332 g/mol. The molecule has 1 aliphatic rings. The van der Waals surface area contributed by atoms with E-state index in [1.807, 2.05) is 19.4 Å². The van der Waals surface area contributed by atoms with Crippen molar-refractivity contribution in [1.82, 2.24) is 29.4 Å². The van der Waals surface area contributed by atoms with Crippen LogP contribution in [0.15, 0.2) is 18.6 Å². The first-order valence-corrected chi connectivity index (χ1v) is 7.70. The van der Waals surface area contributed by atoms with E-state index in [1.165, 1.54) is 17.9 Å². The second-order valence-electron chi connectivity index (χ2n) is 5.93. The molecule has 0 saturated carbocycles. The number of piperazine rings is 1. The van der Waals surface area contributed by atoms with Gasteiger partial charge in [0.05, 0.1) is 18.0 Å². The van der Waals surface area contributed by atoms with Crippen molar-refractivity contribution in [1.29, 1.82) is 0 Å². The fourth-order valence-corrected chi connectivity index (χ4v) is 2.94. The van der Waals surface area contributed by atoms with Crippen LogP contribution in [-0.4, -0.2) is 72.5 Å². The summed E-state index contributed by atoms with van der Waals surface area (Å²) >= 11 is 0. The van der Waals surface area contributed by atoms with Gasteiger partial charge >= 0.3 is 5.97 Å². The lowest BCUT2D eigenvalue weighted by molar-refractivity contribution is 0.0606. The van der Waals surface area contributed by atoms with E-state index in [9.17, 15) is 14.7 Å². The van der Waals surface area contributed by atoms with Gasteiger partial charge in [-0.1, -0.05) is 0 Å². The van der Waals surface area contributed by atoms with Gasteiger partial charge in [0.1, 0.15) is 0 Å². The van der Waals surface area contributed by atoms with Crippen LogP contribution in [0.1, 0.15) is 26.4 Å². The van der Waals surface area contributed by atoms with Gasteiger partial charge in [-0.3, -0.25) is 19.1 Å². The molecule has 2 aromatic rings. The Labute approximate surface area is 139 Å². The minimum Gasteiger partial charge on any atom is -0.477 e. The smallest absolute Gasteiger partial charge is 0.354 e. The van der Waals surface area contributed by atoms with E-state index in [0.29, 0.717) is 13.1 Å². The number of aromatic carboxylic acids is 1. The van der Waals surface area contributed by atoms with Crippen LogP contribution in [-0.2, 0) is 20.6 Å². The molecule has 9 nitrogen and oxygen atoms in total. The highest BCUT2D eigenvalue weighted by Crippen LogP contribution is 2.14. The summed E-state index contributed by atoms with van der Waals surface area (Å²) in [5, 5.41) is 17.3. The molecule has 0 atom stereocenters. The second kappa shape index (κ2) is 6.44. The van der Waals surface area contributed by atoms with Crippen LogP contribution in [0, 0.1) is 0 Å². The molecule has 0 spiro atoms. The Morgan fingerprint density at radius 2 is 1.83 bits per heavy atom. The quantitative estimate of drug-likeness (QED) is 0.834. The lowest BCUT2D eigenvalue weighted by atomic mass is 10.2. The summed E-state index contributed by atoms with van der Waals surface area (Å²) in [5.74, 6) is -1.42. The van der Waals surface area contributed by atoms with Crippen molar-refractivity contribution in [2.75, 3.05) is 26.2 Å². The molecule has 128 valence electrons. The SMILES string of the molecule is Cn1cc(CN2CCN(C(=O)c3cnn(C)c3C(=O)O)CC2)cn1. The molecule has 3 heterocycles. The van der Waals surface area contributed by atoms with Crippen LogP contribution in [0.3, 0.4) is 0 Å². The number of nitrogens with zero attached hydrogens (tertiary/aromatic N) is 6. The Bertz CT molecular complexity index is 757. The highest BCUT2D eigenvalue weighted by atomic mass is 16.4. The maximum absolute atomic E-state index is 12.6. The lowest BCUT2D eigenvalue weighted by Crippen LogP contribution is -2.48. The number of rotatable bonds is 4. The zero-order valence-corrected chi connectivity index (χ0v) is 13.7. The van der Waals surface area contributed by atoms with Crippen LogP contribution in [0.2, 0.25) is 0 Å². The van der Waals surface area contributed by atoms with Crippen LogP contribution in [0.4, 0.5) is 0 Å². The topological polar surface area (TPSA) is 96.5 Å². The van der Waals surface area contributed by atoms with Crippen LogP contribution >= 0.6 is 0 Å². The van der Waals surface area contributed by atoms with E-state index in [4.69, 9.17) is 0 Å². The molecule has 0 unspecified atom stereocenters. The van der Waals surface area contributed by atoms with E-state index >= 15 is 0 Å². The zero-order valence-electron chi connectivity index (χ0n) is 13.7. The number of carbonyl (C=O) groups is 2. The van der Waals surface area contributed by atoms with E-state index < -0.39 is 5.97 Å². The number of aromatic nitrogens is 4. The highest BCUT2D eigenvalue weighted by Gasteiger charge is 2.28. The van der Waals surface area contributed by atoms with Crippen molar-refractivity contribution in [2.45, 2.75) is 6.54 Å². The summed E-state index contributed by atoms with van der Waals surface area (Å²) in [4.78, 5) is 27.8. The summed E-state index contributed by atoms with van der Waals surface area (Å²) in [5.41, 5.74) is 1.21. The minimum atomic E-state index is -1.14. The summed E-state index contributed by atoms with van der Waals surface area (Å²) in [6, 6.07) is 0. The van der Waals surface area contributed by atoms with Crippen molar-refractivity contribution in [3.63, 3.8) is 0 Å². The van der Waals surface area contributed by atoms with Gasteiger partial charge in [-0.05, 0) is 0 Å². The third-order valence-electron chi connectivity index (χ3n) is 4.20. The van der Waals surface area contributed by atoms with E-state index in [2.05, 4.69) is 15.1 Å². The Hall–Kier alpha value is -2.68. The van der Waals surface area contributed by atoms with Crippen LogP contribution in [0.25, 0.3) is 0 Å². The number of amides is 1. The van der Waals surface area contributed by atoms with Crippen molar-refractivity contribution in [3.8, 4) is 0 Å². The maximum atomic E-state index is 12.6. The first-order valence-electron chi connectivity index (χ1n) is 7.70. The first kappa shape index (κ1) is 16.2. The summed E-state index contributed by atoms with van der Waals surface area (Å²) in [7, 11) is 3.40. The van der Waals surface area contributed by atoms with Gasteiger partial charge in [-0.25, -0.2) is 4.79 Å². The fraction of sp³-hybridized carbons (Fsp3) is 0.467. The average Bonchev–Trinajstić information content (AvgIpc) is 3.13. The van der Waals surface area contributed by atoms with Gasteiger partial charge in [0.25, 0.3) is 5.91 Å². The van der Waals surface area contributed by atoms with Gasteiger partial charge < -0.3 is 10.0 Å². The normalized spacial score (nSPS) is 15.7. The minimum absolute atomic E-state index is 0.0715. The highest BCUT2D eigenvalue weighted by molar-refractivity contribution is 6.03. The van der Waals surface area contributed by atoms with Crippen molar-refractivity contribution >= 4 is 11.9 Å². The molecule has 2 aromatic heterocycles. The number of aryl methyl sites for hydroxylation is 2. The van der Waals surface area contributed by atoms with E-state index in [1.54, 1.807) is 9.58 Å². The molecule has 1 saturated heterocycles. The molecule has 0 aliphatic carbocycles. The van der Waals surface area contributed by atoms with Gasteiger partial charge in [-0.15, -0.1) is 0 Å². The third-order valence-corrected chi connectivity index (χ3v) is 4.20. The number of carboxylic acid groups (broad SMARTS) is 1. The van der Waals surface area contributed by atoms with Crippen molar-refractivity contribution in [2.24, 2.45) is 14.1 Å². The molecular formula is C15H20N6O3. The molecule has 9 heteroatoms. The zero-order chi connectivity index (χ0) is 17.3. The summed E-state index contributed by atoms with van der Waals surface area (Å²) in [6.07, 6.45) is 5.15. The number of hydrogen-bond donors (Lipinski definition) is 1. The number of hydrogen-bond acceptors (Lipinski definition) is 5. The monoisotopic (exact) mass is 332 g/mol. The fourth-order valence-electron chi connectivity index (χ4n) is 2.94. The predicted octanol–water partition coefficient (Wildman–Crippen LogP) is -0.190. The molecule has 0 aromatic carbocycles. The molecule has 24 heavy (non-hydrogen) atoms. The first-order chi connectivity index (χ1) is 11.5. The van der Waals surface area contributed by atoms with Crippen LogP contribution in [0.5, 0.6) is 0 Å². The van der Waals surface area contributed by atoms with Crippen LogP contribution < -0.4 is 0 Å². The molecule has 1 aliphatic heterocycles. The molecule has 1 N–H and O–H groups in total.